The van der Waals surface area contributed by atoms with Gasteiger partial charge in [-0.2, -0.15) is 0 Å². The van der Waals surface area contributed by atoms with Gasteiger partial charge in [-0.1, -0.05) is 6.07 Å². The molecule has 1 aromatic carbocycles. The lowest BCUT2D eigenvalue weighted by molar-refractivity contribution is 0.414. The summed E-state index contributed by atoms with van der Waals surface area (Å²) < 4.78 is 30.7. The zero-order valence-electron chi connectivity index (χ0n) is 10.1. The largest absolute Gasteiger partial charge is 0.497 e. The summed E-state index contributed by atoms with van der Waals surface area (Å²) in [7, 11) is -1.60. The van der Waals surface area contributed by atoms with Crippen LogP contribution < -0.4 is 9.04 Å². The van der Waals surface area contributed by atoms with Gasteiger partial charge in [-0.05, 0) is 31.4 Å². The zero-order chi connectivity index (χ0) is 12.5. The molecule has 17 heavy (non-hydrogen) atoms. The Balaban J connectivity index is 2.49. The van der Waals surface area contributed by atoms with E-state index >= 15 is 0 Å². The van der Waals surface area contributed by atoms with Gasteiger partial charge >= 0.3 is 0 Å². The van der Waals surface area contributed by atoms with E-state index in [1.807, 2.05) is 18.2 Å². The molecule has 0 atom stereocenters. The molecule has 1 aliphatic heterocycles. The van der Waals surface area contributed by atoms with E-state index in [9.17, 15) is 8.42 Å². The van der Waals surface area contributed by atoms with Crippen LogP contribution in [0.1, 0.15) is 18.9 Å². The normalized spacial score (nSPS) is 15.5. The van der Waals surface area contributed by atoms with E-state index in [1.165, 1.54) is 4.31 Å². The molecule has 4 nitrogen and oxygen atoms in total. The molecule has 0 saturated carbocycles. The van der Waals surface area contributed by atoms with E-state index in [4.69, 9.17) is 4.74 Å². The van der Waals surface area contributed by atoms with Crippen LogP contribution in [-0.4, -0.2) is 27.8 Å². The lowest BCUT2D eigenvalue weighted by Crippen LogP contribution is -2.36. The van der Waals surface area contributed by atoms with Gasteiger partial charge in [0, 0.05) is 12.6 Å². The molecule has 0 aromatic heterocycles. The predicted molar refractivity (Wildman–Crippen MR) is 68.1 cm³/mol. The molecule has 0 bridgehead atoms. The Morgan fingerprint density at radius 3 is 2.82 bits per heavy atom. The fourth-order valence-electron chi connectivity index (χ4n) is 2.09. The Labute approximate surface area is 102 Å². The maximum Gasteiger partial charge on any atom is 0.234 e. The standard InChI is InChI=1S/C12H17NO3S/c1-3-17(14,15)13-8-4-5-10-6-7-11(16-2)9-12(10)13/h6-7,9H,3-5,8H2,1-2H3. The number of aryl methyl sites for hydroxylation is 1. The number of sulfonamides is 1. The van der Waals surface area contributed by atoms with Gasteiger partial charge in [0.25, 0.3) is 0 Å². The van der Waals surface area contributed by atoms with Crippen molar-refractivity contribution in [3.05, 3.63) is 23.8 Å². The highest BCUT2D eigenvalue weighted by Crippen LogP contribution is 2.32. The molecule has 0 unspecified atom stereocenters. The maximum absolute atomic E-state index is 12.0. The molecule has 5 heteroatoms. The van der Waals surface area contributed by atoms with Crippen LogP contribution in [0.2, 0.25) is 0 Å². The Morgan fingerprint density at radius 2 is 2.18 bits per heavy atom. The summed E-state index contributed by atoms with van der Waals surface area (Å²) in [5.74, 6) is 0.825. The van der Waals surface area contributed by atoms with Crippen LogP contribution >= 0.6 is 0 Å². The van der Waals surface area contributed by atoms with E-state index in [-0.39, 0.29) is 5.75 Å². The van der Waals surface area contributed by atoms with Crippen molar-refractivity contribution in [2.24, 2.45) is 0 Å². The highest BCUT2D eigenvalue weighted by molar-refractivity contribution is 7.92. The van der Waals surface area contributed by atoms with Crippen LogP contribution in [0.4, 0.5) is 5.69 Å². The predicted octanol–water partition coefficient (Wildman–Crippen LogP) is 1.80. The molecule has 0 spiro atoms. The molecule has 0 amide bonds. The molecule has 2 rings (SSSR count). The lowest BCUT2D eigenvalue weighted by Gasteiger charge is -2.30. The molecule has 0 fully saturated rings. The minimum Gasteiger partial charge on any atom is -0.497 e. The summed E-state index contributed by atoms with van der Waals surface area (Å²) in [6, 6.07) is 5.63. The van der Waals surface area contributed by atoms with E-state index in [0.29, 0.717) is 12.3 Å². The monoisotopic (exact) mass is 255 g/mol. The number of hydrogen-bond donors (Lipinski definition) is 0. The van der Waals surface area contributed by atoms with E-state index < -0.39 is 10.0 Å². The quantitative estimate of drug-likeness (QED) is 0.827. The number of benzene rings is 1. The van der Waals surface area contributed by atoms with Gasteiger partial charge in [-0.15, -0.1) is 0 Å². The third kappa shape index (κ3) is 2.24. The van der Waals surface area contributed by atoms with Gasteiger partial charge in [0.15, 0.2) is 0 Å². The SMILES string of the molecule is CCS(=O)(=O)N1CCCc2ccc(OC)cc21. The first-order valence-corrected chi connectivity index (χ1v) is 7.36. The van der Waals surface area contributed by atoms with Crippen LogP contribution in [0.3, 0.4) is 0 Å². The number of hydrogen-bond acceptors (Lipinski definition) is 3. The lowest BCUT2D eigenvalue weighted by atomic mass is 10.0. The third-order valence-electron chi connectivity index (χ3n) is 3.07. The van der Waals surface area contributed by atoms with Gasteiger partial charge in [-0.25, -0.2) is 8.42 Å². The fraction of sp³-hybridized carbons (Fsp3) is 0.500. The Kier molecular flexibility index (Phi) is 3.28. The van der Waals surface area contributed by atoms with Crippen molar-refractivity contribution in [2.45, 2.75) is 19.8 Å². The third-order valence-corrected chi connectivity index (χ3v) is 4.85. The Morgan fingerprint density at radius 1 is 1.41 bits per heavy atom. The second-order valence-electron chi connectivity index (χ2n) is 4.07. The molecule has 94 valence electrons. The van der Waals surface area contributed by atoms with Crippen molar-refractivity contribution < 1.29 is 13.2 Å². The van der Waals surface area contributed by atoms with E-state index in [1.54, 1.807) is 14.0 Å². The fourth-order valence-corrected chi connectivity index (χ4v) is 3.28. The number of methoxy groups -OCH3 is 1. The Bertz CT molecular complexity index is 510. The van der Waals surface area contributed by atoms with Crippen LogP contribution in [0.25, 0.3) is 0 Å². The molecule has 1 aromatic rings. The van der Waals surface area contributed by atoms with Crippen molar-refractivity contribution in [3.63, 3.8) is 0 Å². The first-order chi connectivity index (χ1) is 8.08. The minimum atomic E-state index is -3.18. The Hall–Kier alpha value is -1.23. The summed E-state index contributed by atoms with van der Waals surface area (Å²) in [5.41, 5.74) is 1.85. The van der Waals surface area contributed by atoms with Crippen molar-refractivity contribution in [2.75, 3.05) is 23.7 Å². The summed E-state index contributed by atoms with van der Waals surface area (Å²) in [6.07, 6.45) is 1.80. The summed E-state index contributed by atoms with van der Waals surface area (Å²) in [5, 5.41) is 0. The van der Waals surface area contributed by atoms with Crippen LogP contribution in [-0.2, 0) is 16.4 Å². The molecule has 0 N–H and O–H groups in total. The van der Waals surface area contributed by atoms with E-state index in [2.05, 4.69) is 0 Å². The highest BCUT2D eigenvalue weighted by Gasteiger charge is 2.26. The van der Waals surface area contributed by atoms with Gasteiger partial charge < -0.3 is 4.74 Å². The van der Waals surface area contributed by atoms with Crippen molar-refractivity contribution in [3.8, 4) is 5.75 Å². The smallest absolute Gasteiger partial charge is 0.234 e. The summed E-state index contributed by atoms with van der Waals surface area (Å²) in [6.45, 7) is 2.24. The zero-order valence-corrected chi connectivity index (χ0v) is 11.0. The topological polar surface area (TPSA) is 46.6 Å². The molecule has 0 aliphatic carbocycles. The average Bonchev–Trinajstić information content (AvgIpc) is 2.37. The van der Waals surface area contributed by atoms with Gasteiger partial charge in [-0.3, -0.25) is 4.31 Å². The van der Waals surface area contributed by atoms with Crippen molar-refractivity contribution in [1.82, 2.24) is 0 Å². The van der Waals surface area contributed by atoms with Gasteiger partial charge in [0.05, 0.1) is 18.6 Å². The molecule has 1 aliphatic rings. The van der Waals surface area contributed by atoms with E-state index in [0.717, 1.165) is 24.1 Å². The van der Waals surface area contributed by atoms with Crippen LogP contribution in [0.5, 0.6) is 5.75 Å². The minimum absolute atomic E-state index is 0.129. The van der Waals surface area contributed by atoms with Crippen LogP contribution in [0.15, 0.2) is 18.2 Å². The van der Waals surface area contributed by atoms with Crippen LogP contribution in [0, 0.1) is 0 Å². The molecular formula is C12H17NO3S. The first kappa shape index (κ1) is 12.2. The number of rotatable bonds is 3. The molecular weight excluding hydrogens is 238 g/mol. The summed E-state index contributed by atoms with van der Waals surface area (Å²) >= 11 is 0. The maximum atomic E-state index is 12.0. The first-order valence-electron chi connectivity index (χ1n) is 5.76. The van der Waals surface area contributed by atoms with Gasteiger partial charge in [0.1, 0.15) is 5.75 Å². The van der Waals surface area contributed by atoms with Crippen molar-refractivity contribution in [1.29, 1.82) is 0 Å². The average molecular weight is 255 g/mol. The number of nitrogens with zero attached hydrogens (tertiary/aromatic N) is 1. The molecule has 0 radical (unpaired) electrons. The second-order valence-corrected chi connectivity index (χ2v) is 6.25. The number of ether oxygens (including phenoxy) is 1. The second kappa shape index (κ2) is 4.56. The van der Waals surface area contributed by atoms with Crippen molar-refractivity contribution >= 4 is 15.7 Å². The van der Waals surface area contributed by atoms with Gasteiger partial charge in [0.2, 0.25) is 10.0 Å². The highest BCUT2D eigenvalue weighted by atomic mass is 32.2. The number of anilines is 1. The number of fused-ring (bicyclic) bond motifs is 1. The summed E-state index contributed by atoms with van der Waals surface area (Å²) in [4.78, 5) is 0. The molecule has 1 heterocycles. The molecule has 0 saturated heterocycles.